The predicted octanol–water partition coefficient (Wildman–Crippen LogP) is 6.41. The zero-order valence-electron chi connectivity index (χ0n) is 23.0. The highest BCUT2D eigenvalue weighted by Gasteiger charge is 2.69. The Balaban J connectivity index is 1.40. The molecule has 0 amide bonds. The zero-order chi connectivity index (χ0) is 26.9. The Hall–Kier alpha value is -1.95. The topological polar surface area (TPSA) is 101 Å². The van der Waals surface area contributed by atoms with E-state index in [-0.39, 0.29) is 29.1 Å². The molecule has 2 fully saturated rings. The maximum Gasteiger partial charge on any atom is 0.331 e. The maximum atomic E-state index is 12.8. The summed E-state index contributed by atoms with van der Waals surface area (Å²) in [5.41, 5.74) is -0.348. The molecule has 0 aromatic carbocycles. The monoisotopic (exact) mass is 516 g/mol. The van der Waals surface area contributed by atoms with E-state index in [1.165, 1.54) is 12.8 Å². The van der Waals surface area contributed by atoms with Crippen molar-refractivity contribution in [2.45, 2.75) is 116 Å². The molecule has 5 atom stereocenters. The number of rotatable bonds is 17. The summed E-state index contributed by atoms with van der Waals surface area (Å²) in [6, 6.07) is 0. The second-order valence-corrected chi connectivity index (χ2v) is 12.1. The number of hydrogen-bond acceptors (Lipinski definition) is 5. The molecule has 3 aliphatic carbocycles. The lowest BCUT2D eigenvalue weighted by Crippen LogP contribution is -2.45. The third-order valence-corrected chi connectivity index (χ3v) is 9.56. The number of aldehydes is 1. The number of fused-ring (bicyclic) bond motifs is 1. The standard InChI is InChI=1S/C31H48O6/c1-30(2)25-21-31(23(22-33)17-18-26(30)31)27(20-24(25)29(35)36)37-28(34)16-14-12-10-8-6-4-3-5-7-9-11-13-15-19-32/h3,5,20,22-23,25-27,32H,4,6-19,21H2,1-2H3,(H,35,36)/b5-3-/t23-,25+,26+,27+,31-/m1/s1. The lowest BCUT2D eigenvalue weighted by atomic mass is 9.66. The molecule has 0 radical (unpaired) electrons. The first-order valence-electron chi connectivity index (χ1n) is 14.6. The van der Waals surface area contributed by atoms with Gasteiger partial charge in [0.1, 0.15) is 12.4 Å². The minimum absolute atomic E-state index is 0.112. The summed E-state index contributed by atoms with van der Waals surface area (Å²) in [5.74, 6) is -1.34. The van der Waals surface area contributed by atoms with Crippen LogP contribution in [0.1, 0.15) is 110 Å². The van der Waals surface area contributed by atoms with Gasteiger partial charge in [-0.3, -0.25) is 4.79 Å². The fraction of sp³-hybridized carbons (Fsp3) is 0.774. The molecule has 0 aromatic heterocycles. The normalized spacial score (nSPS) is 29.8. The van der Waals surface area contributed by atoms with E-state index in [0.717, 1.165) is 76.9 Å². The van der Waals surface area contributed by atoms with Crippen LogP contribution in [0.15, 0.2) is 23.8 Å². The van der Waals surface area contributed by atoms with E-state index in [1.54, 1.807) is 6.08 Å². The van der Waals surface area contributed by atoms with E-state index in [4.69, 9.17) is 9.84 Å². The van der Waals surface area contributed by atoms with Crippen LogP contribution >= 0.6 is 0 Å². The van der Waals surface area contributed by atoms with Gasteiger partial charge in [0.15, 0.2) is 0 Å². The number of allylic oxidation sites excluding steroid dienone is 2. The number of carbonyl (C=O) groups excluding carboxylic acids is 2. The van der Waals surface area contributed by atoms with E-state index < -0.39 is 17.5 Å². The lowest BCUT2D eigenvalue weighted by Gasteiger charge is -2.41. The molecule has 0 unspecified atom stereocenters. The maximum absolute atomic E-state index is 12.8. The van der Waals surface area contributed by atoms with Gasteiger partial charge in [-0.25, -0.2) is 4.79 Å². The van der Waals surface area contributed by atoms with Gasteiger partial charge in [-0.1, -0.05) is 58.1 Å². The van der Waals surface area contributed by atoms with Crippen molar-refractivity contribution in [2.24, 2.45) is 28.6 Å². The summed E-state index contributed by atoms with van der Waals surface area (Å²) < 4.78 is 5.99. The van der Waals surface area contributed by atoms with Gasteiger partial charge in [-0.2, -0.15) is 0 Å². The number of esters is 1. The van der Waals surface area contributed by atoms with Gasteiger partial charge < -0.3 is 19.7 Å². The number of ether oxygens (including phenoxy) is 1. The Morgan fingerprint density at radius 1 is 0.973 bits per heavy atom. The molecule has 2 saturated carbocycles. The summed E-state index contributed by atoms with van der Waals surface area (Å²) in [5, 5.41) is 18.7. The average Bonchev–Trinajstić information content (AvgIpc) is 3.32. The van der Waals surface area contributed by atoms with Crippen LogP contribution in [-0.4, -0.2) is 41.1 Å². The van der Waals surface area contributed by atoms with Crippen molar-refractivity contribution in [3.63, 3.8) is 0 Å². The number of carbonyl (C=O) groups is 3. The molecule has 3 aliphatic rings. The van der Waals surface area contributed by atoms with Gasteiger partial charge >= 0.3 is 11.9 Å². The molecule has 2 bridgehead atoms. The summed E-state index contributed by atoms with van der Waals surface area (Å²) in [4.78, 5) is 36.9. The van der Waals surface area contributed by atoms with Crippen LogP contribution in [0.4, 0.5) is 0 Å². The summed E-state index contributed by atoms with van der Waals surface area (Å²) in [7, 11) is 0. The number of unbranched alkanes of at least 4 members (excludes halogenated alkanes) is 9. The number of aliphatic carboxylic acids is 1. The van der Waals surface area contributed by atoms with Crippen LogP contribution in [0.2, 0.25) is 0 Å². The van der Waals surface area contributed by atoms with Gasteiger partial charge in [0.2, 0.25) is 0 Å². The van der Waals surface area contributed by atoms with Gasteiger partial charge in [0.05, 0.1) is 0 Å². The third-order valence-electron chi connectivity index (χ3n) is 9.56. The molecule has 2 N–H and O–H groups in total. The number of aliphatic hydroxyl groups excluding tert-OH is 1. The molecular weight excluding hydrogens is 468 g/mol. The molecule has 0 heterocycles. The molecule has 37 heavy (non-hydrogen) atoms. The second kappa shape index (κ2) is 13.7. The Labute approximate surface area is 222 Å². The first kappa shape index (κ1) is 29.6. The molecule has 6 heteroatoms. The zero-order valence-corrected chi connectivity index (χ0v) is 23.0. The largest absolute Gasteiger partial charge is 0.478 e. The second-order valence-electron chi connectivity index (χ2n) is 12.1. The minimum atomic E-state index is -0.940. The molecule has 0 aliphatic heterocycles. The highest BCUT2D eigenvalue weighted by molar-refractivity contribution is 5.88. The van der Waals surface area contributed by atoms with Crippen molar-refractivity contribution < 1.29 is 29.3 Å². The smallest absolute Gasteiger partial charge is 0.331 e. The van der Waals surface area contributed by atoms with Crippen molar-refractivity contribution in [3.05, 3.63) is 23.8 Å². The molecule has 6 nitrogen and oxygen atoms in total. The van der Waals surface area contributed by atoms with Gasteiger partial charge in [0.25, 0.3) is 0 Å². The van der Waals surface area contributed by atoms with Crippen molar-refractivity contribution >= 4 is 18.2 Å². The Morgan fingerprint density at radius 3 is 2.22 bits per heavy atom. The van der Waals surface area contributed by atoms with Crippen molar-refractivity contribution in [3.8, 4) is 0 Å². The van der Waals surface area contributed by atoms with Crippen LogP contribution in [0.25, 0.3) is 0 Å². The van der Waals surface area contributed by atoms with Crippen molar-refractivity contribution in [1.82, 2.24) is 0 Å². The van der Waals surface area contributed by atoms with E-state index in [9.17, 15) is 19.5 Å². The third kappa shape index (κ3) is 6.74. The number of aliphatic hydroxyl groups is 1. The average molecular weight is 517 g/mol. The van der Waals surface area contributed by atoms with Gasteiger partial charge in [0, 0.05) is 29.9 Å². The van der Waals surface area contributed by atoms with E-state index in [1.807, 2.05) is 0 Å². The predicted molar refractivity (Wildman–Crippen MR) is 144 cm³/mol. The van der Waals surface area contributed by atoms with Crippen LogP contribution in [0.5, 0.6) is 0 Å². The fourth-order valence-corrected chi connectivity index (χ4v) is 7.61. The minimum Gasteiger partial charge on any atom is -0.478 e. The summed E-state index contributed by atoms with van der Waals surface area (Å²) in [6.07, 6.45) is 20.9. The van der Waals surface area contributed by atoms with Gasteiger partial charge in [-0.05, 0) is 81.1 Å². The Morgan fingerprint density at radius 2 is 1.59 bits per heavy atom. The number of carboxylic acids is 1. The van der Waals surface area contributed by atoms with Crippen LogP contribution in [-0.2, 0) is 19.1 Å². The quantitative estimate of drug-likeness (QED) is 0.100. The summed E-state index contributed by atoms with van der Waals surface area (Å²) >= 11 is 0. The summed E-state index contributed by atoms with van der Waals surface area (Å²) in [6.45, 7) is 4.54. The highest BCUT2D eigenvalue weighted by atomic mass is 16.5. The molecule has 0 saturated heterocycles. The molecule has 208 valence electrons. The van der Waals surface area contributed by atoms with Crippen molar-refractivity contribution in [1.29, 1.82) is 0 Å². The van der Waals surface area contributed by atoms with Crippen LogP contribution < -0.4 is 0 Å². The van der Waals surface area contributed by atoms with Crippen molar-refractivity contribution in [2.75, 3.05) is 6.61 Å². The first-order chi connectivity index (χ1) is 17.8. The van der Waals surface area contributed by atoms with E-state index in [2.05, 4.69) is 26.0 Å². The Bertz CT molecular complexity index is 843. The highest BCUT2D eigenvalue weighted by Crippen LogP contribution is 2.71. The molecule has 3 rings (SSSR count). The van der Waals surface area contributed by atoms with Gasteiger partial charge in [-0.15, -0.1) is 0 Å². The lowest BCUT2D eigenvalue weighted by molar-refractivity contribution is -0.158. The molecule has 1 spiro atoms. The van der Waals surface area contributed by atoms with Crippen LogP contribution in [0.3, 0.4) is 0 Å². The first-order valence-corrected chi connectivity index (χ1v) is 14.6. The SMILES string of the molecule is CC1(C)[C@H]2C[C@@]3([C@@H](OC(=O)CCCCCCC/C=C\CCCCCCO)C=C2C(=O)O)[C@@H](C=O)CC[C@@H]13. The Kier molecular flexibility index (Phi) is 11.0. The van der Waals surface area contributed by atoms with E-state index in [0.29, 0.717) is 25.0 Å². The van der Waals surface area contributed by atoms with Crippen LogP contribution in [0, 0.1) is 28.6 Å². The molecular formula is C31H48O6. The number of hydrogen-bond donors (Lipinski definition) is 2. The van der Waals surface area contributed by atoms with E-state index >= 15 is 0 Å². The molecule has 0 aromatic rings. The number of carboxylic acid groups (broad SMARTS) is 1. The fourth-order valence-electron chi connectivity index (χ4n) is 7.61.